The fourth-order valence-corrected chi connectivity index (χ4v) is 11.2. The molecule has 1 atom stereocenters. The zero-order valence-electron chi connectivity index (χ0n) is 35.0. The number of fused-ring (bicyclic) bond motifs is 15. The molecule has 10 aromatic rings. The van der Waals surface area contributed by atoms with Crippen molar-refractivity contribution in [3.63, 3.8) is 0 Å². The lowest BCUT2D eigenvalue weighted by Gasteiger charge is -2.36. The number of rotatable bonds is 2. The minimum atomic E-state index is -0.511. The van der Waals surface area contributed by atoms with Crippen LogP contribution < -0.4 is 4.90 Å². The SMILES string of the molecule is CC(C)(C)c1cc2ccc3c4cc(c5ccc(c1)c2c35)N(c1ccccc1)c1cccc(c1)C1(c2cccc(c2)CCC4c2ccccc2)c2ccccc2-c2ccccc21. The van der Waals surface area contributed by atoms with Crippen molar-refractivity contribution in [1.29, 1.82) is 0 Å². The molecule has 2 aliphatic rings. The van der Waals surface area contributed by atoms with Crippen LogP contribution >= 0.6 is 0 Å². The maximum absolute atomic E-state index is 2.55. The first-order chi connectivity index (χ1) is 29.9. The summed E-state index contributed by atoms with van der Waals surface area (Å²) in [6.07, 6.45) is 1.92. The number of para-hydroxylation sites is 1. The molecule has 0 N–H and O–H groups in total. The topological polar surface area (TPSA) is 3.24 Å². The third-order valence-corrected chi connectivity index (χ3v) is 14.0. The lowest BCUT2D eigenvalue weighted by atomic mass is 9.67. The zero-order valence-corrected chi connectivity index (χ0v) is 35.0. The monoisotopic (exact) mass is 781 g/mol. The van der Waals surface area contributed by atoms with Crippen LogP contribution in [-0.4, -0.2) is 0 Å². The van der Waals surface area contributed by atoms with Crippen molar-refractivity contribution in [2.75, 3.05) is 4.90 Å². The van der Waals surface area contributed by atoms with E-state index in [4.69, 9.17) is 0 Å². The highest BCUT2D eigenvalue weighted by atomic mass is 15.1. The molecule has 0 saturated heterocycles. The van der Waals surface area contributed by atoms with Crippen LogP contribution in [0.5, 0.6) is 0 Å². The molecule has 0 radical (unpaired) electrons. The maximum atomic E-state index is 2.55. The molecule has 1 aliphatic carbocycles. The molecule has 1 unspecified atom stereocenters. The van der Waals surface area contributed by atoms with Crippen LogP contribution in [0.15, 0.2) is 200 Å². The van der Waals surface area contributed by atoms with E-state index in [1.165, 1.54) is 93.6 Å². The third-order valence-electron chi connectivity index (χ3n) is 14.0. The summed E-state index contributed by atoms with van der Waals surface area (Å²) in [6, 6.07) is 76.6. The molecule has 292 valence electrons. The van der Waals surface area contributed by atoms with E-state index < -0.39 is 5.41 Å². The molecule has 1 spiro atoms. The van der Waals surface area contributed by atoms with Crippen LogP contribution in [0.4, 0.5) is 17.1 Å². The summed E-state index contributed by atoms with van der Waals surface area (Å²) in [5.41, 5.74) is 16.4. The van der Waals surface area contributed by atoms with Gasteiger partial charge in [-0.05, 0) is 131 Å². The molecular formula is C60H47N. The number of nitrogens with zero attached hydrogens (tertiary/aromatic N) is 1. The normalized spacial score (nSPS) is 15.6. The number of hydrogen-bond donors (Lipinski definition) is 0. The van der Waals surface area contributed by atoms with Crippen LogP contribution in [-0.2, 0) is 17.3 Å². The van der Waals surface area contributed by atoms with Gasteiger partial charge in [0.1, 0.15) is 0 Å². The molecule has 0 amide bonds. The fraction of sp³-hybridized carbons (Fsp3) is 0.133. The van der Waals surface area contributed by atoms with Crippen molar-refractivity contribution < 1.29 is 0 Å². The fourth-order valence-electron chi connectivity index (χ4n) is 11.2. The number of benzene rings is 10. The molecular weight excluding hydrogens is 735 g/mol. The van der Waals surface area contributed by atoms with Crippen LogP contribution in [0.2, 0.25) is 0 Å². The van der Waals surface area contributed by atoms with Gasteiger partial charge in [0.15, 0.2) is 0 Å². The van der Waals surface area contributed by atoms with Crippen molar-refractivity contribution in [3.8, 4) is 11.1 Å². The van der Waals surface area contributed by atoms with Crippen LogP contribution in [0, 0.1) is 0 Å². The second-order valence-electron chi connectivity index (χ2n) is 18.4. The highest BCUT2D eigenvalue weighted by Gasteiger charge is 2.46. The molecule has 1 nitrogen and oxygen atoms in total. The van der Waals surface area contributed by atoms with Gasteiger partial charge in [0, 0.05) is 22.7 Å². The predicted octanol–water partition coefficient (Wildman–Crippen LogP) is 15.8. The van der Waals surface area contributed by atoms with Crippen LogP contribution in [0.25, 0.3) is 43.4 Å². The van der Waals surface area contributed by atoms with E-state index in [-0.39, 0.29) is 11.3 Å². The first kappa shape index (κ1) is 35.9. The average molecular weight is 782 g/mol. The van der Waals surface area contributed by atoms with Gasteiger partial charge < -0.3 is 4.90 Å². The average Bonchev–Trinajstić information content (AvgIpc) is 3.60. The maximum Gasteiger partial charge on any atom is 0.0714 e. The highest BCUT2D eigenvalue weighted by molar-refractivity contribution is 6.27. The Morgan fingerprint density at radius 1 is 0.492 bits per heavy atom. The quantitative estimate of drug-likeness (QED) is 0.158. The lowest BCUT2D eigenvalue weighted by Crippen LogP contribution is -2.29. The van der Waals surface area contributed by atoms with Crippen molar-refractivity contribution in [2.24, 2.45) is 0 Å². The van der Waals surface area contributed by atoms with Gasteiger partial charge in [0.05, 0.1) is 11.1 Å². The molecule has 1 heterocycles. The lowest BCUT2D eigenvalue weighted by molar-refractivity contribution is 0.591. The number of anilines is 3. The Morgan fingerprint density at radius 3 is 1.77 bits per heavy atom. The van der Waals surface area contributed by atoms with Crippen molar-refractivity contribution >= 4 is 49.4 Å². The van der Waals surface area contributed by atoms with Gasteiger partial charge in [-0.2, -0.15) is 0 Å². The highest BCUT2D eigenvalue weighted by Crippen LogP contribution is 2.57. The minimum absolute atomic E-state index is 0.0360. The first-order valence-corrected chi connectivity index (χ1v) is 21.9. The summed E-state index contributed by atoms with van der Waals surface area (Å²) in [7, 11) is 0. The van der Waals surface area contributed by atoms with Gasteiger partial charge in [0.25, 0.3) is 0 Å². The first-order valence-electron chi connectivity index (χ1n) is 21.9. The number of hydrogen-bond acceptors (Lipinski definition) is 1. The molecule has 1 heteroatoms. The third kappa shape index (κ3) is 5.39. The van der Waals surface area contributed by atoms with E-state index in [0.29, 0.717) is 0 Å². The zero-order chi connectivity index (χ0) is 40.9. The summed E-state index contributed by atoms with van der Waals surface area (Å²) in [4.78, 5) is 2.55. The van der Waals surface area contributed by atoms with Gasteiger partial charge in [-0.15, -0.1) is 0 Å². The summed E-state index contributed by atoms with van der Waals surface area (Å²) in [5, 5.41) is 7.93. The van der Waals surface area contributed by atoms with Gasteiger partial charge in [-0.1, -0.05) is 191 Å². The molecule has 0 aromatic heterocycles. The molecule has 61 heavy (non-hydrogen) atoms. The molecule has 6 bridgehead atoms. The second kappa shape index (κ2) is 13.5. The Kier molecular flexibility index (Phi) is 7.97. The Labute approximate surface area is 358 Å². The molecule has 10 aromatic carbocycles. The summed E-state index contributed by atoms with van der Waals surface area (Å²) in [5.74, 6) is 0.159. The second-order valence-corrected chi connectivity index (χ2v) is 18.4. The van der Waals surface area contributed by atoms with E-state index in [2.05, 4.69) is 226 Å². The van der Waals surface area contributed by atoms with Crippen LogP contribution in [0.3, 0.4) is 0 Å². The Bertz CT molecular complexity index is 3230. The summed E-state index contributed by atoms with van der Waals surface area (Å²) in [6.45, 7) is 6.97. The summed E-state index contributed by atoms with van der Waals surface area (Å²) < 4.78 is 0. The molecule has 1 aliphatic heterocycles. The largest absolute Gasteiger partial charge is 0.310 e. The minimum Gasteiger partial charge on any atom is -0.310 e. The molecule has 0 fully saturated rings. The van der Waals surface area contributed by atoms with E-state index in [9.17, 15) is 0 Å². The Balaban J connectivity index is 1.23. The Morgan fingerprint density at radius 2 is 1.08 bits per heavy atom. The standard InChI is InChI=1S/C60H47N/c1-59(2,3)45-35-41-29-32-51-53-38-56(52-33-30-42(36-45)57(41)58(51)52)61(46-21-8-5-9-22-46)47-23-15-20-44(37-47)60(54-26-12-10-24-49(54)50-25-11-13-27-55(50)60)43-19-14-16-39(34-43)28-31-48(53)40-17-6-4-7-18-40/h4-27,29-30,32-38,48H,28,31H2,1-3H3. The van der Waals surface area contributed by atoms with E-state index >= 15 is 0 Å². The summed E-state index contributed by atoms with van der Waals surface area (Å²) >= 11 is 0. The van der Waals surface area contributed by atoms with E-state index in [1.807, 2.05) is 0 Å². The van der Waals surface area contributed by atoms with Gasteiger partial charge >= 0.3 is 0 Å². The van der Waals surface area contributed by atoms with Crippen molar-refractivity contribution in [1.82, 2.24) is 0 Å². The number of aryl methyl sites for hydroxylation is 1. The van der Waals surface area contributed by atoms with Gasteiger partial charge in [0.2, 0.25) is 0 Å². The van der Waals surface area contributed by atoms with Crippen molar-refractivity contribution in [3.05, 3.63) is 245 Å². The van der Waals surface area contributed by atoms with Crippen LogP contribution in [0.1, 0.15) is 77.6 Å². The van der Waals surface area contributed by atoms with Crippen molar-refractivity contribution in [2.45, 2.75) is 50.4 Å². The smallest absolute Gasteiger partial charge is 0.0714 e. The van der Waals surface area contributed by atoms with Gasteiger partial charge in [-0.3, -0.25) is 0 Å². The van der Waals surface area contributed by atoms with Gasteiger partial charge in [-0.25, -0.2) is 0 Å². The van der Waals surface area contributed by atoms with E-state index in [1.54, 1.807) is 0 Å². The predicted molar refractivity (Wildman–Crippen MR) is 257 cm³/mol. The Hall–Kier alpha value is -6.96. The molecule has 0 saturated carbocycles. The van der Waals surface area contributed by atoms with E-state index in [0.717, 1.165) is 24.2 Å². The molecule has 12 rings (SSSR count).